The molecule has 0 fully saturated rings. The number of fused-ring (bicyclic) bond motifs is 1. The highest BCUT2D eigenvalue weighted by atomic mass is 19.1. The highest BCUT2D eigenvalue weighted by Crippen LogP contribution is 2.35. The maximum absolute atomic E-state index is 13.3. The number of nitrogens with one attached hydrogen (secondary N) is 1. The molecule has 0 saturated heterocycles. The van der Waals surface area contributed by atoms with Crippen molar-refractivity contribution >= 4 is 16.8 Å². The lowest BCUT2D eigenvalue weighted by Gasteiger charge is -2.10. The van der Waals surface area contributed by atoms with E-state index in [1.807, 2.05) is 36.4 Å². The van der Waals surface area contributed by atoms with Crippen LogP contribution in [0.1, 0.15) is 15.9 Å². The summed E-state index contributed by atoms with van der Waals surface area (Å²) in [5, 5.41) is 0.867. The maximum Gasteiger partial charge on any atom is 0.250 e. The lowest BCUT2D eigenvalue weighted by atomic mass is 9.95. The maximum atomic E-state index is 13.3. The third-order valence-electron chi connectivity index (χ3n) is 4.74. The smallest absolute Gasteiger partial charge is 0.250 e. The molecule has 27 heavy (non-hydrogen) atoms. The molecule has 0 aliphatic carbocycles. The minimum atomic E-state index is -0.508. The molecule has 1 amide bonds. The normalized spacial score (nSPS) is 11.0. The van der Waals surface area contributed by atoms with Gasteiger partial charge in [0.25, 0.3) is 5.91 Å². The third kappa shape index (κ3) is 2.98. The minimum absolute atomic E-state index is 0.301. The van der Waals surface area contributed by atoms with Crippen LogP contribution in [0.2, 0.25) is 0 Å². The minimum Gasteiger partial charge on any atom is -0.366 e. The summed E-state index contributed by atoms with van der Waals surface area (Å²) >= 11 is 0. The Morgan fingerprint density at radius 1 is 0.963 bits per heavy atom. The summed E-state index contributed by atoms with van der Waals surface area (Å²) in [6.07, 6.45) is 0. The summed E-state index contributed by atoms with van der Waals surface area (Å²) in [5.74, 6) is -0.809. The van der Waals surface area contributed by atoms with Crippen molar-refractivity contribution in [3.05, 3.63) is 83.7 Å². The first-order valence-electron chi connectivity index (χ1n) is 8.58. The van der Waals surface area contributed by atoms with Crippen LogP contribution in [0.3, 0.4) is 0 Å². The third-order valence-corrected chi connectivity index (χ3v) is 4.74. The molecule has 0 atom stereocenters. The first-order chi connectivity index (χ1) is 13.1. The predicted octanol–water partition coefficient (Wildman–Crippen LogP) is 4.20. The molecule has 4 rings (SSSR count). The number of aromatic amines is 1. The van der Waals surface area contributed by atoms with Crippen LogP contribution >= 0.6 is 0 Å². The van der Waals surface area contributed by atoms with Gasteiger partial charge in [-0.2, -0.15) is 0 Å². The number of nitrogens with two attached hydrogens (primary N) is 2. The van der Waals surface area contributed by atoms with E-state index in [1.165, 1.54) is 12.1 Å². The van der Waals surface area contributed by atoms with E-state index in [9.17, 15) is 9.18 Å². The van der Waals surface area contributed by atoms with Crippen molar-refractivity contribution in [3.63, 3.8) is 0 Å². The molecular formula is C22H18FN3O. The van der Waals surface area contributed by atoms with Gasteiger partial charge in [-0.1, -0.05) is 30.3 Å². The molecule has 4 aromatic rings. The fraction of sp³-hybridized carbons (Fsp3) is 0.0455. The molecule has 5 N–H and O–H groups in total. The number of carbonyl (C=O) groups excluding carboxylic acids is 1. The van der Waals surface area contributed by atoms with Gasteiger partial charge in [-0.05, 0) is 58.7 Å². The highest BCUT2D eigenvalue weighted by Gasteiger charge is 2.16. The summed E-state index contributed by atoms with van der Waals surface area (Å²) in [5.41, 5.74) is 17.1. The van der Waals surface area contributed by atoms with Gasteiger partial charge in [0.15, 0.2) is 0 Å². The Morgan fingerprint density at radius 2 is 1.70 bits per heavy atom. The standard InChI is InChI=1S/C22H18FN3O/c23-15-7-5-13(6-8-15)20-11-19-17(16-4-2-1-3-14(16)12-24)9-10-18(22(25)27)21(19)26-20/h1-11,26H,12,24H2,(H2,25,27). The van der Waals surface area contributed by atoms with Gasteiger partial charge in [0.05, 0.1) is 11.1 Å². The van der Waals surface area contributed by atoms with Crippen LogP contribution in [0.5, 0.6) is 0 Å². The summed E-state index contributed by atoms with van der Waals surface area (Å²) in [6, 6.07) is 19.6. The molecular weight excluding hydrogens is 341 g/mol. The zero-order valence-electron chi connectivity index (χ0n) is 14.5. The Morgan fingerprint density at radius 3 is 2.41 bits per heavy atom. The van der Waals surface area contributed by atoms with Crippen molar-refractivity contribution in [2.45, 2.75) is 6.54 Å². The second-order valence-corrected chi connectivity index (χ2v) is 6.36. The summed E-state index contributed by atoms with van der Waals surface area (Å²) in [6.45, 7) is 0.407. The van der Waals surface area contributed by atoms with Crippen LogP contribution in [-0.2, 0) is 6.54 Å². The first-order valence-corrected chi connectivity index (χ1v) is 8.58. The zero-order valence-corrected chi connectivity index (χ0v) is 14.5. The van der Waals surface area contributed by atoms with Gasteiger partial charge in [-0.15, -0.1) is 0 Å². The SMILES string of the molecule is NCc1ccccc1-c1ccc(C(N)=O)c2[nH]c(-c3ccc(F)cc3)cc12. The molecule has 134 valence electrons. The number of hydrogen-bond donors (Lipinski definition) is 3. The van der Waals surface area contributed by atoms with E-state index in [-0.39, 0.29) is 5.82 Å². The molecule has 0 bridgehead atoms. The van der Waals surface area contributed by atoms with Crippen molar-refractivity contribution in [3.8, 4) is 22.4 Å². The molecule has 0 aliphatic heterocycles. The lowest BCUT2D eigenvalue weighted by molar-refractivity contribution is 0.100. The van der Waals surface area contributed by atoms with E-state index in [2.05, 4.69) is 4.98 Å². The summed E-state index contributed by atoms with van der Waals surface area (Å²) in [4.78, 5) is 15.2. The van der Waals surface area contributed by atoms with E-state index in [1.54, 1.807) is 18.2 Å². The van der Waals surface area contributed by atoms with Gasteiger partial charge in [-0.25, -0.2) is 4.39 Å². The molecule has 0 unspecified atom stereocenters. The molecule has 0 aliphatic rings. The molecule has 1 aromatic heterocycles. The van der Waals surface area contributed by atoms with Crippen molar-refractivity contribution in [2.75, 3.05) is 0 Å². The first kappa shape index (κ1) is 17.0. The van der Waals surface area contributed by atoms with E-state index in [0.717, 1.165) is 33.3 Å². The fourth-order valence-corrected chi connectivity index (χ4v) is 3.41. The number of H-pyrrole nitrogens is 1. The van der Waals surface area contributed by atoms with E-state index >= 15 is 0 Å². The fourth-order valence-electron chi connectivity index (χ4n) is 3.41. The lowest BCUT2D eigenvalue weighted by Crippen LogP contribution is -2.11. The van der Waals surface area contributed by atoms with E-state index in [4.69, 9.17) is 11.5 Å². The van der Waals surface area contributed by atoms with Crippen LogP contribution < -0.4 is 11.5 Å². The Bertz CT molecular complexity index is 1150. The molecule has 0 saturated carbocycles. The number of primary amides is 1. The van der Waals surface area contributed by atoms with Crippen molar-refractivity contribution in [1.82, 2.24) is 4.98 Å². The second-order valence-electron chi connectivity index (χ2n) is 6.36. The topological polar surface area (TPSA) is 84.9 Å². The van der Waals surface area contributed by atoms with Gasteiger partial charge < -0.3 is 16.5 Å². The van der Waals surface area contributed by atoms with Crippen LogP contribution in [0.4, 0.5) is 4.39 Å². The zero-order chi connectivity index (χ0) is 19.0. The van der Waals surface area contributed by atoms with Crippen LogP contribution in [0.15, 0.2) is 66.7 Å². The largest absolute Gasteiger partial charge is 0.366 e. The predicted molar refractivity (Wildman–Crippen MR) is 106 cm³/mol. The molecule has 0 radical (unpaired) electrons. The average Bonchev–Trinajstić information content (AvgIpc) is 3.12. The van der Waals surface area contributed by atoms with Crippen molar-refractivity contribution in [2.24, 2.45) is 11.5 Å². The van der Waals surface area contributed by atoms with Gasteiger partial charge in [-0.3, -0.25) is 4.79 Å². The number of halogens is 1. The Balaban J connectivity index is 2.00. The monoisotopic (exact) mass is 359 g/mol. The Kier molecular flexibility index (Phi) is 4.22. The van der Waals surface area contributed by atoms with E-state index < -0.39 is 5.91 Å². The highest BCUT2D eigenvalue weighted by molar-refractivity contribution is 6.10. The number of rotatable bonds is 4. The van der Waals surface area contributed by atoms with Crippen molar-refractivity contribution < 1.29 is 9.18 Å². The van der Waals surface area contributed by atoms with Gasteiger partial charge in [0.2, 0.25) is 0 Å². The number of amides is 1. The van der Waals surface area contributed by atoms with Crippen LogP contribution in [-0.4, -0.2) is 10.9 Å². The van der Waals surface area contributed by atoms with Crippen LogP contribution in [0.25, 0.3) is 33.3 Å². The molecule has 4 nitrogen and oxygen atoms in total. The number of hydrogen-bond acceptors (Lipinski definition) is 2. The van der Waals surface area contributed by atoms with Crippen LogP contribution in [0, 0.1) is 5.82 Å². The Hall–Kier alpha value is -3.44. The summed E-state index contributed by atoms with van der Waals surface area (Å²) < 4.78 is 13.3. The molecule has 1 heterocycles. The van der Waals surface area contributed by atoms with Gasteiger partial charge in [0, 0.05) is 17.6 Å². The van der Waals surface area contributed by atoms with E-state index in [0.29, 0.717) is 17.6 Å². The van der Waals surface area contributed by atoms with Gasteiger partial charge >= 0.3 is 0 Å². The molecule has 3 aromatic carbocycles. The molecule has 0 spiro atoms. The Labute approximate surface area is 155 Å². The number of carbonyl (C=O) groups is 1. The number of benzene rings is 3. The second kappa shape index (κ2) is 6.70. The average molecular weight is 359 g/mol. The van der Waals surface area contributed by atoms with Crippen molar-refractivity contribution in [1.29, 1.82) is 0 Å². The quantitative estimate of drug-likeness (QED) is 0.510. The number of aromatic nitrogens is 1. The van der Waals surface area contributed by atoms with Gasteiger partial charge in [0.1, 0.15) is 5.82 Å². The molecule has 5 heteroatoms. The summed E-state index contributed by atoms with van der Waals surface area (Å²) in [7, 11) is 0.